The summed E-state index contributed by atoms with van der Waals surface area (Å²) in [5.74, 6) is 0.400. The Morgan fingerprint density at radius 3 is 2.39 bits per heavy atom. The fourth-order valence-corrected chi connectivity index (χ4v) is 10.8. The second-order valence-electron chi connectivity index (χ2n) is 15.2. The van der Waals surface area contributed by atoms with Gasteiger partial charge in [-0.15, -0.1) is 0 Å². The molecule has 1 N–H and O–H groups in total. The van der Waals surface area contributed by atoms with Crippen molar-refractivity contribution in [2.24, 2.45) is 34.5 Å². The van der Waals surface area contributed by atoms with Gasteiger partial charge in [-0.3, -0.25) is 4.79 Å². The van der Waals surface area contributed by atoms with Crippen LogP contribution >= 0.6 is 0 Å². The van der Waals surface area contributed by atoms with Gasteiger partial charge in [0, 0.05) is 24.5 Å². The van der Waals surface area contributed by atoms with Gasteiger partial charge in [0.1, 0.15) is 12.7 Å². The maximum Gasteiger partial charge on any atom is 0.331 e. The van der Waals surface area contributed by atoms with E-state index in [1.807, 2.05) is 0 Å². The highest BCUT2D eigenvalue weighted by atomic mass is 28.4. The third kappa shape index (κ3) is 4.16. The molecule has 4 fully saturated rings. The fourth-order valence-electron chi connectivity index (χ4n) is 9.39. The molecule has 5 aliphatic rings. The zero-order valence-electron chi connectivity index (χ0n) is 24.9. The van der Waals surface area contributed by atoms with Crippen LogP contribution in [0.5, 0.6) is 0 Å². The van der Waals surface area contributed by atoms with Crippen LogP contribution in [0, 0.1) is 34.5 Å². The second-order valence-corrected chi connectivity index (χ2v) is 20.0. The Labute approximate surface area is 230 Å². The lowest BCUT2D eigenvalue weighted by atomic mass is 9.42. The number of ether oxygens (including phenoxy) is 2. The first-order chi connectivity index (χ1) is 17.5. The lowest BCUT2D eigenvalue weighted by molar-refractivity contribution is -0.250. The molecule has 0 bridgehead atoms. The van der Waals surface area contributed by atoms with Crippen molar-refractivity contribution in [2.45, 2.75) is 129 Å². The summed E-state index contributed by atoms with van der Waals surface area (Å²) in [6, 6.07) is 0. The summed E-state index contributed by atoms with van der Waals surface area (Å²) in [5, 5.41) is 12.9. The molecule has 0 aromatic carbocycles. The average Bonchev–Trinajstić information content (AvgIpc) is 3.34. The van der Waals surface area contributed by atoms with E-state index in [1.165, 1.54) is 6.92 Å². The highest BCUT2D eigenvalue weighted by Crippen LogP contribution is 2.70. The van der Waals surface area contributed by atoms with E-state index in [2.05, 4.69) is 47.7 Å². The molecule has 1 heterocycles. The Morgan fingerprint density at radius 2 is 1.79 bits per heavy atom. The van der Waals surface area contributed by atoms with Crippen LogP contribution in [0.15, 0.2) is 11.6 Å². The molecule has 0 radical (unpaired) electrons. The van der Waals surface area contributed by atoms with Gasteiger partial charge in [0.05, 0.1) is 5.60 Å². The number of cyclic esters (lactones) is 1. The smallest absolute Gasteiger partial charge is 0.331 e. The van der Waals surface area contributed by atoms with Gasteiger partial charge < -0.3 is 19.0 Å². The molecule has 0 amide bonds. The summed E-state index contributed by atoms with van der Waals surface area (Å²) in [6.07, 6.45) is 9.15. The maximum absolute atomic E-state index is 12.7. The first-order valence-electron chi connectivity index (χ1n) is 15.0. The molecule has 4 saturated carbocycles. The van der Waals surface area contributed by atoms with E-state index in [0.717, 1.165) is 50.5 Å². The fraction of sp³-hybridized carbons (Fsp3) is 0.871. The summed E-state index contributed by atoms with van der Waals surface area (Å²) in [5.41, 5.74) is -0.524. The zero-order valence-corrected chi connectivity index (χ0v) is 25.9. The molecule has 38 heavy (non-hydrogen) atoms. The molecule has 0 unspecified atom stereocenters. The van der Waals surface area contributed by atoms with Crippen LogP contribution in [0.4, 0.5) is 0 Å². The van der Waals surface area contributed by atoms with E-state index in [9.17, 15) is 14.7 Å². The van der Waals surface area contributed by atoms with Crippen molar-refractivity contribution in [1.82, 2.24) is 0 Å². The van der Waals surface area contributed by atoms with Crippen molar-refractivity contribution in [3.05, 3.63) is 11.6 Å². The van der Waals surface area contributed by atoms with Crippen LogP contribution in [-0.2, 0) is 23.5 Å². The molecule has 0 saturated heterocycles. The van der Waals surface area contributed by atoms with E-state index in [0.29, 0.717) is 24.4 Å². The van der Waals surface area contributed by atoms with Crippen molar-refractivity contribution in [1.29, 1.82) is 0 Å². The summed E-state index contributed by atoms with van der Waals surface area (Å²) >= 11 is 0. The molecule has 6 nitrogen and oxygen atoms in total. The largest absolute Gasteiger partial charge is 0.462 e. The Morgan fingerprint density at radius 1 is 1.08 bits per heavy atom. The van der Waals surface area contributed by atoms with E-state index in [4.69, 9.17) is 13.9 Å². The molecule has 9 atom stereocenters. The Balaban J connectivity index is 1.44. The number of aliphatic hydroxyl groups is 1. The van der Waals surface area contributed by atoms with Crippen LogP contribution in [0.2, 0.25) is 18.1 Å². The molecule has 0 aromatic rings. The minimum Gasteiger partial charge on any atom is -0.462 e. The number of carbonyl (C=O) groups excluding carboxylic acids is 2. The van der Waals surface area contributed by atoms with Gasteiger partial charge in [-0.2, -0.15) is 0 Å². The lowest BCUT2D eigenvalue weighted by Gasteiger charge is -2.65. The normalized spacial score (nSPS) is 45.0. The van der Waals surface area contributed by atoms with Gasteiger partial charge in [-0.05, 0) is 104 Å². The Bertz CT molecular complexity index is 1010. The highest BCUT2D eigenvalue weighted by Gasteiger charge is 2.72. The molecule has 214 valence electrons. The predicted octanol–water partition coefficient (Wildman–Crippen LogP) is 6.18. The van der Waals surface area contributed by atoms with Gasteiger partial charge >= 0.3 is 11.9 Å². The number of hydrogen-bond acceptors (Lipinski definition) is 6. The van der Waals surface area contributed by atoms with Gasteiger partial charge in [-0.1, -0.05) is 34.6 Å². The van der Waals surface area contributed by atoms with Crippen molar-refractivity contribution in [2.75, 3.05) is 6.61 Å². The van der Waals surface area contributed by atoms with Gasteiger partial charge in [-0.25, -0.2) is 4.79 Å². The SMILES string of the molecule is CC(=O)O[C@@H]1C[C@H]2[C@@H](CC[C@@H]3C[C@@H](O[Si](C)(C)C(C)(C)C)CC[C@@]32C)[C@@]2(O)CC[C@H](C3=CC(=O)OC3)[C@@]12C. The minimum absolute atomic E-state index is 0.0245. The Kier molecular flexibility index (Phi) is 6.84. The number of hydrogen-bond donors (Lipinski definition) is 1. The van der Waals surface area contributed by atoms with Crippen LogP contribution in [0.25, 0.3) is 0 Å². The van der Waals surface area contributed by atoms with E-state index < -0.39 is 19.3 Å². The zero-order chi connectivity index (χ0) is 27.9. The lowest BCUT2D eigenvalue weighted by Crippen LogP contribution is -2.67. The van der Waals surface area contributed by atoms with Crippen molar-refractivity contribution in [3.8, 4) is 0 Å². The number of rotatable bonds is 4. The molecule has 5 rings (SSSR count). The van der Waals surface area contributed by atoms with Crippen molar-refractivity contribution < 1.29 is 28.6 Å². The van der Waals surface area contributed by atoms with Crippen LogP contribution in [-0.4, -0.2) is 49.8 Å². The molecule has 0 aromatic heterocycles. The van der Waals surface area contributed by atoms with Crippen LogP contribution in [0.1, 0.15) is 92.9 Å². The van der Waals surface area contributed by atoms with Crippen LogP contribution < -0.4 is 0 Å². The summed E-state index contributed by atoms with van der Waals surface area (Å²) in [7, 11) is -1.84. The summed E-state index contributed by atoms with van der Waals surface area (Å²) in [4.78, 5) is 24.4. The van der Waals surface area contributed by atoms with E-state index in [1.54, 1.807) is 6.08 Å². The van der Waals surface area contributed by atoms with Crippen LogP contribution in [0.3, 0.4) is 0 Å². The molecular formula is C31H50O6Si. The molecule has 7 heteroatoms. The van der Waals surface area contributed by atoms with Gasteiger partial charge in [0.15, 0.2) is 8.32 Å². The minimum atomic E-state index is -1.84. The highest BCUT2D eigenvalue weighted by molar-refractivity contribution is 6.74. The summed E-state index contributed by atoms with van der Waals surface area (Å²) < 4.78 is 18.3. The second kappa shape index (κ2) is 9.17. The Hall–Kier alpha value is -1.18. The average molecular weight is 547 g/mol. The molecule has 4 aliphatic carbocycles. The van der Waals surface area contributed by atoms with Gasteiger partial charge in [0.2, 0.25) is 0 Å². The van der Waals surface area contributed by atoms with Crippen molar-refractivity contribution in [3.63, 3.8) is 0 Å². The third-order valence-corrected chi connectivity index (χ3v) is 17.1. The van der Waals surface area contributed by atoms with E-state index >= 15 is 0 Å². The number of carbonyl (C=O) groups is 2. The van der Waals surface area contributed by atoms with E-state index in [-0.39, 0.29) is 46.9 Å². The standard InChI is InChI=1S/C31H50O6Si/c1-19(32)36-26-17-25-24(31(34)14-12-23(30(26,31)6)20-15-27(33)35-18-20)10-9-21-16-22(11-13-29(21,25)5)37-38(7,8)28(2,3)4/h15,21-26,34H,9-14,16-18H2,1-8H3/t21-,22+,23-,24-,25+,26-,29+,30+,31+/m1/s1. The van der Waals surface area contributed by atoms with Crippen molar-refractivity contribution >= 4 is 20.3 Å². The quantitative estimate of drug-likeness (QED) is 0.335. The summed E-state index contributed by atoms with van der Waals surface area (Å²) in [6.45, 7) is 18.0. The first-order valence-corrected chi connectivity index (χ1v) is 17.9. The monoisotopic (exact) mass is 546 g/mol. The molecule has 1 aliphatic heterocycles. The maximum atomic E-state index is 12.7. The molecule has 0 spiro atoms. The topological polar surface area (TPSA) is 82.1 Å². The third-order valence-electron chi connectivity index (χ3n) is 12.6. The number of fused-ring (bicyclic) bond motifs is 5. The predicted molar refractivity (Wildman–Crippen MR) is 149 cm³/mol. The van der Waals surface area contributed by atoms with Gasteiger partial charge in [0.25, 0.3) is 0 Å². The first kappa shape index (κ1) is 28.3. The molecular weight excluding hydrogens is 496 g/mol. The number of esters is 2.